The summed E-state index contributed by atoms with van der Waals surface area (Å²) in [5.41, 5.74) is 0.316. The summed E-state index contributed by atoms with van der Waals surface area (Å²) < 4.78 is 6.43. The van der Waals surface area contributed by atoms with Gasteiger partial charge in [-0.2, -0.15) is 0 Å². The second-order valence-corrected chi connectivity index (χ2v) is 9.62. The highest BCUT2D eigenvalue weighted by atomic mass is 79.9. The first-order valence-corrected chi connectivity index (χ1v) is 11.0. The minimum atomic E-state index is -0.725. The number of ether oxygens (including phenoxy) is 1. The molecule has 0 heterocycles. The Morgan fingerprint density at radius 3 is 2.40 bits per heavy atom. The predicted molar refractivity (Wildman–Crippen MR) is 124 cm³/mol. The van der Waals surface area contributed by atoms with Gasteiger partial charge in [0.2, 0.25) is 5.91 Å². The van der Waals surface area contributed by atoms with Gasteiger partial charge in [-0.1, -0.05) is 57.3 Å². The molecule has 8 heteroatoms. The summed E-state index contributed by atoms with van der Waals surface area (Å²) in [4.78, 5) is 27.2. The summed E-state index contributed by atoms with van der Waals surface area (Å²) in [7, 11) is 0. The zero-order chi connectivity index (χ0) is 22.5. The van der Waals surface area contributed by atoms with Gasteiger partial charge in [0.1, 0.15) is 11.8 Å². The number of rotatable bonds is 7. The fourth-order valence-electron chi connectivity index (χ4n) is 2.68. The van der Waals surface area contributed by atoms with Gasteiger partial charge in [-0.25, -0.2) is 0 Å². The van der Waals surface area contributed by atoms with E-state index in [-0.39, 0.29) is 25.0 Å². The van der Waals surface area contributed by atoms with Crippen molar-refractivity contribution in [1.29, 1.82) is 0 Å². The number of hydrogen-bond donors (Lipinski definition) is 1. The van der Waals surface area contributed by atoms with E-state index in [9.17, 15) is 9.59 Å². The fourth-order valence-corrected chi connectivity index (χ4v) is 3.60. The van der Waals surface area contributed by atoms with Gasteiger partial charge in [-0.05, 0) is 57.5 Å². The number of halogens is 3. The molecule has 2 rings (SSSR count). The van der Waals surface area contributed by atoms with Crippen LogP contribution >= 0.6 is 39.1 Å². The van der Waals surface area contributed by atoms with Crippen LogP contribution in [0.5, 0.6) is 5.75 Å². The first-order valence-electron chi connectivity index (χ1n) is 9.40. The van der Waals surface area contributed by atoms with Crippen molar-refractivity contribution >= 4 is 50.9 Å². The number of nitrogens with one attached hydrogen (secondary N) is 1. The Hall–Kier alpha value is -1.76. The summed E-state index contributed by atoms with van der Waals surface area (Å²) >= 11 is 15.8. The van der Waals surface area contributed by atoms with Crippen LogP contribution in [0.4, 0.5) is 0 Å². The molecule has 0 bridgehead atoms. The average molecular weight is 516 g/mol. The first-order chi connectivity index (χ1) is 14.0. The van der Waals surface area contributed by atoms with E-state index in [1.54, 1.807) is 31.2 Å². The zero-order valence-electron chi connectivity index (χ0n) is 17.3. The monoisotopic (exact) mass is 514 g/mol. The summed E-state index contributed by atoms with van der Waals surface area (Å²) in [6.45, 7) is 7.25. The van der Waals surface area contributed by atoms with E-state index in [1.807, 2.05) is 39.0 Å². The molecule has 1 atom stereocenters. The number of benzene rings is 2. The van der Waals surface area contributed by atoms with Gasteiger partial charge in [0.05, 0.1) is 5.02 Å². The molecule has 0 saturated carbocycles. The number of carbonyl (C=O) groups is 2. The lowest BCUT2D eigenvalue weighted by molar-refractivity contribution is -0.142. The number of hydrogen-bond acceptors (Lipinski definition) is 3. The second-order valence-electron chi connectivity index (χ2n) is 7.89. The van der Waals surface area contributed by atoms with Gasteiger partial charge < -0.3 is 15.0 Å². The third-order valence-corrected chi connectivity index (χ3v) is 5.37. The largest absolute Gasteiger partial charge is 0.482 e. The van der Waals surface area contributed by atoms with Crippen LogP contribution < -0.4 is 10.1 Å². The van der Waals surface area contributed by atoms with Gasteiger partial charge in [0.15, 0.2) is 6.61 Å². The SMILES string of the molecule is CC(C(=O)NC(C)(C)C)N(Cc1ccccc1Cl)C(=O)COc1ccc(Br)cc1Cl. The molecule has 162 valence electrons. The Labute approximate surface area is 195 Å². The molecule has 30 heavy (non-hydrogen) atoms. The Bertz CT molecular complexity index is 915. The minimum absolute atomic E-state index is 0.175. The molecule has 0 aliphatic heterocycles. The summed E-state index contributed by atoms with van der Waals surface area (Å²) in [6, 6.07) is 11.6. The van der Waals surface area contributed by atoms with Crippen molar-refractivity contribution < 1.29 is 14.3 Å². The van der Waals surface area contributed by atoms with E-state index >= 15 is 0 Å². The zero-order valence-corrected chi connectivity index (χ0v) is 20.4. The molecule has 0 fully saturated rings. The van der Waals surface area contributed by atoms with Crippen LogP contribution in [-0.2, 0) is 16.1 Å². The lowest BCUT2D eigenvalue weighted by Crippen LogP contribution is -2.53. The minimum Gasteiger partial charge on any atom is -0.482 e. The molecule has 0 saturated heterocycles. The molecule has 0 aliphatic rings. The Morgan fingerprint density at radius 2 is 1.80 bits per heavy atom. The number of amides is 2. The van der Waals surface area contributed by atoms with E-state index in [0.29, 0.717) is 15.8 Å². The fraction of sp³-hybridized carbons (Fsp3) is 0.364. The molecule has 0 radical (unpaired) electrons. The van der Waals surface area contributed by atoms with Gasteiger partial charge in [-0.3, -0.25) is 9.59 Å². The average Bonchev–Trinajstić information content (AvgIpc) is 2.64. The molecule has 2 aromatic carbocycles. The third kappa shape index (κ3) is 7.18. The molecular formula is C22H25BrCl2N2O3. The molecule has 0 aromatic heterocycles. The van der Waals surface area contributed by atoms with E-state index in [4.69, 9.17) is 27.9 Å². The predicted octanol–water partition coefficient (Wildman–Crippen LogP) is 5.47. The molecule has 1 N–H and O–H groups in total. The maximum Gasteiger partial charge on any atom is 0.261 e. The van der Waals surface area contributed by atoms with Crippen molar-refractivity contribution in [2.24, 2.45) is 0 Å². The van der Waals surface area contributed by atoms with Crippen LogP contribution in [0.1, 0.15) is 33.3 Å². The number of carbonyl (C=O) groups excluding carboxylic acids is 2. The van der Waals surface area contributed by atoms with E-state index in [2.05, 4.69) is 21.2 Å². The van der Waals surface area contributed by atoms with Crippen LogP contribution in [0.25, 0.3) is 0 Å². The van der Waals surface area contributed by atoms with Crippen LogP contribution in [0.15, 0.2) is 46.9 Å². The smallest absolute Gasteiger partial charge is 0.261 e. The quantitative estimate of drug-likeness (QED) is 0.532. The lowest BCUT2D eigenvalue weighted by atomic mass is 10.1. The highest BCUT2D eigenvalue weighted by Crippen LogP contribution is 2.28. The molecule has 1 unspecified atom stereocenters. The summed E-state index contributed by atoms with van der Waals surface area (Å²) in [5, 5.41) is 3.82. The van der Waals surface area contributed by atoms with Gasteiger partial charge in [-0.15, -0.1) is 0 Å². The highest BCUT2D eigenvalue weighted by Gasteiger charge is 2.29. The van der Waals surface area contributed by atoms with E-state index in [0.717, 1.165) is 10.0 Å². The maximum absolute atomic E-state index is 13.0. The standard InChI is InChI=1S/C22H25BrCl2N2O3/c1-14(21(29)26-22(2,3)4)27(12-15-7-5-6-8-17(15)24)20(28)13-30-19-10-9-16(23)11-18(19)25/h5-11,14H,12-13H2,1-4H3,(H,26,29). The van der Waals surface area contributed by atoms with Gasteiger partial charge in [0, 0.05) is 21.6 Å². The third-order valence-electron chi connectivity index (χ3n) is 4.21. The van der Waals surface area contributed by atoms with E-state index < -0.39 is 11.6 Å². The first kappa shape index (κ1) is 24.5. The topological polar surface area (TPSA) is 58.6 Å². The van der Waals surface area contributed by atoms with Crippen LogP contribution in [0.3, 0.4) is 0 Å². The van der Waals surface area contributed by atoms with E-state index in [1.165, 1.54) is 4.90 Å². The molecule has 0 aliphatic carbocycles. The Kier molecular flexibility index (Phi) is 8.59. The Balaban J connectivity index is 2.21. The van der Waals surface area contributed by atoms with Crippen molar-refractivity contribution in [3.63, 3.8) is 0 Å². The highest BCUT2D eigenvalue weighted by molar-refractivity contribution is 9.10. The summed E-state index contributed by atoms with van der Waals surface area (Å²) in [6.07, 6.45) is 0. The van der Waals surface area contributed by atoms with Crippen molar-refractivity contribution in [1.82, 2.24) is 10.2 Å². The normalized spacial score (nSPS) is 12.2. The van der Waals surface area contributed by atoms with Crippen LogP contribution in [0, 0.1) is 0 Å². The second kappa shape index (κ2) is 10.5. The Morgan fingerprint density at radius 1 is 1.13 bits per heavy atom. The molecule has 5 nitrogen and oxygen atoms in total. The van der Waals surface area contributed by atoms with Crippen molar-refractivity contribution in [2.75, 3.05) is 6.61 Å². The molecule has 0 spiro atoms. The van der Waals surface area contributed by atoms with Crippen molar-refractivity contribution in [2.45, 2.75) is 45.8 Å². The van der Waals surface area contributed by atoms with Crippen molar-refractivity contribution in [3.05, 3.63) is 62.5 Å². The van der Waals surface area contributed by atoms with Gasteiger partial charge in [0.25, 0.3) is 5.91 Å². The number of nitrogens with zero attached hydrogens (tertiary/aromatic N) is 1. The maximum atomic E-state index is 13.0. The van der Waals surface area contributed by atoms with Gasteiger partial charge >= 0.3 is 0 Å². The lowest BCUT2D eigenvalue weighted by Gasteiger charge is -2.31. The molecule has 2 aromatic rings. The van der Waals surface area contributed by atoms with Crippen LogP contribution in [-0.4, -0.2) is 34.9 Å². The summed E-state index contributed by atoms with van der Waals surface area (Å²) in [5.74, 6) is -0.229. The molecule has 2 amide bonds. The van der Waals surface area contributed by atoms with Crippen molar-refractivity contribution in [3.8, 4) is 5.75 Å². The molecular weight excluding hydrogens is 491 g/mol. The van der Waals surface area contributed by atoms with Crippen LogP contribution in [0.2, 0.25) is 10.0 Å².